The van der Waals surface area contributed by atoms with Crippen LogP contribution >= 0.6 is 0 Å². The van der Waals surface area contributed by atoms with Crippen molar-refractivity contribution in [1.82, 2.24) is 4.90 Å². The number of rotatable bonds is 6. The van der Waals surface area contributed by atoms with Crippen molar-refractivity contribution in [3.63, 3.8) is 0 Å². The first-order valence-corrected chi connectivity index (χ1v) is 11.1. The van der Waals surface area contributed by atoms with Crippen LogP contribution in [0.3, 0.4) is 0 Å². The van der Waals surface area contributed by atoms with Gasteiger partial charge < -0.3 is 14.9 Å². The summed E-state index contributed by atoms with van der Waals surface area (Å²) in [6, 6.07) is 28.6. The molecule has 1 aliphatic rings. The SMILES string of the molecule is O=C1CCN(CC(O)Cc2ccccc2)c2ccccc2CCN1Cc1ccccc1. The van der Waals surface area contributed by atoms with Gasteiger partial charge in [0.05, 0.1) is 6.10 Å². The Morgan fingerprint density at radius 1 is 0.742 bits per heavy atom. The second kappa shape index (κ2) is 10.3. The molecule has 31 heavy (non-hydrogen) atoms. The number of hydrogen-bond acceptors (Lipinski definition) is 3. The second-order valence-electron chi connectivity index (χ2n) is 8.22. The Hall–Kier alpha value is -3.11. The monoisotopic (exact) mass is 414 g/mol. The lowest BCUT2D eigenvalue weighted by molar-refractivity contribution is -0.131. The van der Waals surface area contributed by atoms with Crippen molar-refractivity contribution in [1.29, 1.82) is 0 Å². The molecule has 0 spiro atoms. The Balaban J connectivity index is 1.50. The van der Waals surface area contributed by atoms with Gasteiger partial charge in [-0.05, 0) is 29.2 Å². The predicted octanol–water partition coefficient (Wildman–Crippen LogP) is 4.07. The lowest BCUT2D eigenvalue weighted by Gasteiger charge is -2.28. The van der Waals surface area contributed by atoms with Crippen molar-refractivity contribution in [2.45, 2.75) is 31.9 Å². The number of benzene rings is 3. The van der Waals surface area contributed by atoms with Crippen LogP contribution in [0.15, 0.2) is 84.9 Å². The van der Waals surface area contributed by atoms with E-state index in [1.165, 1.54) is 5.56 Å². The molecule has 4 rings (SSSR count). The summed E-state index contributed by atoms with van der Waals surface area (Å²) in [7, 11) is 0. The number of para-hydroxylation sites is 1. The number of amides is 1. The number of fused-ring (bicyclic) bond motifs is 1. The molecule has 3 aromatic carbocycles. The summed E-state index contributed by atoms with van der Waals surface area (Å²) in [5.41, 5.74) is 4.63. The second-order valence-corrected chi connectivity index (χ2v) is 8.22. The van der Waals surface area contributed by atoms with Crippen LogP contribution in [0.2, 0.25) is 0 Å². The summed E-state index contributed by atoms with van der Waals surface area (Å²) in [5.74, 6) is 0.166. The molecule has 0 aromatic heterocycles. The minimum absolute atomic E-state index is 0.166. The van der Waals surface area contributed by atoms with E-state index in [-0.39, 0.29) is 5.91 Å². The van der Waals surface area contributed by atoms with Crippen molar-refractivity contribution >= 4 is 11.6 Å². The van der Waals surface area contributed by atoms with Gasteiger partial charge in [0.25, 0.3) is 0 Å². The van der Waals surface area contributed by atoms with E-state index in [1.54, 1.807) is 0 Å². The summed E-state index contributed by atoms with van der Waals surface area (Å²) in [4.78, 5) is 17.2. The first-order valence-electron chi connectivity index (χ1n) is 11.1. The minimum Gasteiger partial charge on any atom is -0.391 e. The summed E-state index contributed by atoms with van der Waals surface area (Å²) < 4.78 is 0. The third-order valence-electron chi connectivity index (χ3n) is 5.89. The lowest BCUT2D eigenvalue weighted by Crippen LogP contribution is -2.37. The highest BCUT2D eigenvalue weighted by Gasteiger charge is 2.22. The standard InChI is InChI=1S/C27H30N2O2/c30-25(19-22-9-3-1-4-10-22)21-28-18-16-27(31)29(20-23-11-5-2-6-12-23)17-15-24-13-7-8-14-26(24)28/h1-14,25,30H,15-21H2. The van der Waals surface area contributed by atoms with Gasteiger partial charge in [0.2, 0.25) is 5.91 Å². The zero-order valence-electron chi connectivity index (χ0n) is 17.9. The lowest BCUT2D eigenvalue weighted by atomic mass is 10.1. The highest BCUT2D eigenvalue weighted by molar-refractivity contribution is 5.77. The summed E-state index contributed by atoms with van der Waals surface area (Å²) in [6.45, 7) is 2.45. The van der Waals surface area contributed by atoms with Gasteiger partial charge in [0, 0.05) is 44.7 Å². The van der Waals surface area contributed by atoms with Gasteiger partial charge in [-0.25, -0.2) is 0 Å². The van der Waals surface area contributed by atoms with Gasteiger partial charge in [0.1, 0.15) is 0 Å². The van der Waals surface area contributed by atoms with E-state index in [0.717, 1.165) is 23.2 Å². The molecule has 160 valence electrons. The van der Waals surface area contributed by atoms with Crippen LogP contribution in [-0.2, 0) is 24.2 Å². The Morgan fingerprint density at radius 2 is 1.35 bits per heavy atom. The fourth-order valence-corrected chi connectivity index (χ4v) is 4.29. The fourth-order valence-electron chi connectivity index (χ4n) is 4.29. The minimum atomic E-state index is -0.494. The smallest absolute Gasteiger partial charge is 0.224 e. The van der Waals surface area contributed by atoms with Crippen molar-refractivity contribution in [2.75, 3.05) is 24.5 Å². The molecule has 0 saturated heterocycles. The van der Waals surface area contributed by atoms with Crippen LogP contribution in [-0.4, -0.2) is 41.7 Å². The Labute approximate surface area is 184 Å². The van der Waals surface area contributed by atoms with Crippen molar-refractivity contribution in [2.24, 2.45) is 0 Å². The Morgan fingerprint density at radius 3 is 2.10 bits per heavy atom. The topological polar surface area (TPSA) is 43.8 Å². The number of nitrogens with zero attached hydrogens (tertiary/aromatic N) is 2. The van der Waals surface area contributed by atoms with E-state index in [2.05, 4.69) is 35.2 Å². The van der Waals surface area contributed by atoms with Crippen molar-refractivity contribution in [3.8, 4) is 0 Å². The molecule has 0 bridgehead atoms. The summed E-state index contributed by atoms with van der Waals surface area (Å²) >= 11 is 0. The molecule has 1 N–H and O–H groups in total. The molecule has 0 fully saturated rings. The Kier molecular flexibility index (Phi) is 7.00. The van der Waals surface area contributed by atoms with Crippen molar-refractivity contribution < 1.29 is 9.90 Å². The van der Waals surface area contributed by atoms with Crippen LogP contribution in [0.1, 0.15) is 23.1 Å². The fraction of sp³-hybridized carbons (Fsp3) is 0.296. The molecular weight excluding hydrogens is 384 g/mol. The van der Waals surface area contributed by atoms with Crippen molar-refractivity contribution in [3.05, 3.63) is 102 Å². The summed E-state index contributed by atoms with van der Waals surface area (Å²) in [6.07, 6.45) is 1.36. The van der Waals surface area contributed by atoms with Crippen LogP contribution in [0.4, 0.5) is 5.69 Å². The first-order chi connectivity index (χ1) is 15.2. The van der Waals surface area contributed by atoms with E-state index in [4.69, 9.17) is 0 Å². The van der Waals surface area contributed by atoms with Gasteiger partial charge in [-0.2, -0.15) is 0 Å². The highest BCUT2D eigenvalue weighted by Crippen LogP contribution is 2.24. The molecule has 1 aliphatic heterocycles. The maximum Gasteiger partial charge on any atom is 0.224 e. The molecule has 1 atom stereocenters. The maximum atomic E-state index is 13.0. The van der Waals surface area contributed by atoms with Gasteiger partial charge in [-0.3, -0.25) is 4.79 Å². The van der Waals surface area contributed by atoms with Gasteiger partial charge in [-0.15, -0.1) is 0 Å². The summed E-state index contributed by atoms with van der Waals surface area (Å²) in [5, 5.41) is 10.8. The van der Waals surface area contributed by atoms with Crippen LogP contribution in [0, 0.1) is 0 Å². The molecule has 3 aromatic rings. The zero-order valence-corrected chi connectivity index (χ0v) is 17.9. The quantitative estimate of drug-likeness (QED) is 0.661. The normalized spacial score (nSPS) is 15.6. The van der Waals surface area contributed by atoms with E-state index in [0.29, 0.717) is 39.0 Å². The zero-order chi connectivity index (χ0) is 21.5. The van der Waals surface area contributed by atoms with Crippen LogP contribution < -0.4 is 4.90 Å². The Bertz CT molecular complexity index is 975. The molecule has 4 nitrogen and oxygen atoms in total. The predicted molar refractivity (Wildman–Crippen MR) is 125 cm³/mol. The number of hydrogen-bond donors (Lipinski definition) is 1. The van der Waals surface area contributed by atoms with Crippen LogP contribution in [0.5, 0.6) is 0 Å². The average molecular weight is 415 g/mol. The van der Waals surface area contributed by atoms with E-state index >= 15 is 0 Å². The third kappa shape index (κ3) is 5.74. The number of aliphatic hydroxyl groups is 1. The number of anilines is 1. The van der Waals surface area contributed by atoms with Gasteiger partial charge in [0.15, 0.2) is 0 Å². The molecule has 1 unspecified atom stereocenters. The number of carbonyl (C=O) groups excluding carboxylic acids is 1. The third-order valence-corrected chi connectivity index (χ3v) is 5.89. The van der Waals surface area contributed by atoms with E-state index in [1.807, 2.05) is 59.5 Å². The number of carbonyl (C=O) groups is 1. The number of aliphatic hydroxyl groups excluding tert-OH is 1. The maximum absolute atomic E-state index is 13.0. The molecule has 0 saturated carbocycles. The van der Waals surface area contributed by atoms with Gasteiger partial charge in [-0.1, -0.05) is 78.9 Å². The average Bonchev–Trinajstić information content (AvgIpc) is 2.86. The molecule has 0 aliphatic carbocycles. The van der Waals surface area contributed by atoms with E-state index in [9.17, 15) is 9.90 Å². The molecule has 1 amide bonds. The highest BCUT2D eigenvalue weighted by atomic mass is 16.3. The molecular formula is C27H30N2O2. The van der Waals surface area contributed by atoms with Crippen LogP contribution in [0.25, 0.3) is 0 Å². The number of β-amino-alcohol motifs (C(OH)–C–C–N with tert-alkyl or cyclic N) is 1. The van der Waals surface area contributed by atoms with Gasteiger partial charge >= 0.3 is 0 Å². The van der Waals surface area contributed by atoms with E-state index < -0.39 is 6.10 Å². The first kappa shape index (κ1) is 21.1. The molecule has 0 radical (unpaired) electrons. The largest absolute Gasteiger partial charge is 0.391 e. The molecule has 1 heterocycles. The molecule has 4 heteroatoms.